The van der Waals surface area contributed by atoms with Crippen LogP contribution in [0.3, 0.4) is 0 Å². The first-order chi connectivity index (χ1) is 8.46. The molecule has 2 unspecified atom stereocenters. The van der Waals surface area contributed by atoms with Crippen molar-refractivity contribution in [1.29, 1.82) is 0 Å². The molecule has 1 aliphatic rings. The molecular formula is C14H24N2O2. The quantitative estimate of drug-likeness (QED) is 0.892. The van der Waals surface area contributed by atoms with E-state index in [1.54, 1.807) is 6.20 Å². The first-order valence-corrected chi connectivity index (χ1v) is 6.80. The van der Waals surface area contributed by atoms with Crippen molar-refractivity contribution >= 4 is 0 Å². The van der Waals surface area contributed by atoms with Gasteiger partial charge in [0, 0.05) is 25.4 Å². The number of ether oxygens (including phenoxy) is 1. The van der Waals surface area contributed by atoms with Crippen molar-refractivity contribution in [3.8, 4) is 0 Å². The van der Waals surface area contributed by atoms with E-state index in [-0.39, 0.29) is 5.60 Å². The Balaban J connectivity index is 1.97. The summed E-state index contributed by atoms with van der Waals surface area (Å²) in [5.74, 6) is 0. The van der Waals surface area contributed by atoms with Gasteiger partial charge in [0.15, 0.2) is 0 Å². The predicted octanol–water partition coefficient (Wildman–Crippen LogP) is 2.06. The lowest BCUT2D eigenvalue weighted by Crippen LogP contribution is -2.47. The number of aliphatic hydroxyl groups is 1. The SMILES string of the molecule is CCC1(C)CC(O)(CCc2ccnn2C)CCO1. The molecule has 1 fully saturated rings. The maximum atomic E-state index is 10.7. The minimum atomic E-state index is -0.590. The van der Waals surface area contributed by atoms with E-state index in [9.17, 15) is 5.11 Å². The first kappa shape index (κ1) is 13.6. The average molecular weight is 252 g/mol. The number of aryl methyl sites for hydroxylation is 2. The van der Waals surface area contributed by atoms with E-state index in [4.69, 9.17) is 4.74 Å². The van der Waals surface area contributed by atoms with Gasteiger partial charge >= 0.3 is 0 Å². The van der Waals surface area contributed by atoms with Crippen LogP contribution >= 0.6 is 0 Å². The molecule has 4 nitrogen and oxygen atoms in total. The second-order valence-corrected chi connectivity index (χ2v) is 5.75. The summed E-state index contributed by atoms with van der Waals surface area (Å²) in [6.45, 7) is 4.88. The van der Waals surface area contributed by atoms with Gasteiger partial charge in [-0.3, -0.25) is 4.68 Å². The van der Waals surface area contributed by atoms with Gasteiger partial charge in [0.05, 0.1) is 17.8 Å². The van der Waals surface area contributed by atoms with Crippen molar-refractivity contribution in [3.63, 3.8) is 0 Å². The van der Waals surface area contributed by atoms with Crippen molar-refractivity contribution < 1.29 is 9.84 Å². The molecule has 1 aromatic rings. The molecule has 1 N–H and O–H groups in total. The molecule has 4 heteroatoms. The van der Waals surface area contributed by atoms with Crippen LogP contribution in [0, 0.1) is 0 Å². The van der Waals surface area contributed by atoms with Crippen LogP contribution in [0.5, 0.6) is 0 Å². The molecule has 0 bridgehead atoms. The molecule has 2 atom stereocenters. The number of hydrogen-bond donors (Lipinski definition) is 1. The van der Waals surface area contributed by atoms with E-state index in [2.05, 4.69) is 18.9 Å². The summed E-state index contributed by atoms with van der Waals surface area (Å²) in [5, 5.41) is 14.9. The Hall–Kier alpha value is -0.870. The van der Waals surface area contributed by atoms with Gasteiger partial charge in [0.2, 0.25) is 0 Å². The van der Waals surface area contributed by atoms with E-state index < -0.39 is 5.60 Å². The van der Waals surface area contributed by atoms with E-state index in [1.807, 2.05) is 17.8 Å². The van der Waals surface area contributed by atoms with Crippen LogP contribution in [0.15, 0.2) is 12.3 Å². The Morgan fingerprint density at radius 1 is 1.56 bits per heavy atom. The normalized spacial score (nSPS) is 32.7. The Kier molecular flexibility index (Phi) is 3.78. The summed E-state index contributed by atoms with van der Waals surface area (Å²) in [5.41, 5.74) is 0.417. The summed E-state index contributed by atoms with van der Waals surface area (Å²) in [6.07, 6.45) is 5.87. The third-order valence-corrected chi connectivity index (χ3v) is 4.24. The van der Waals surface area contributed by atoms with Crippen molar-refractivity contribution in [2.24, 2.45) is 7.05 Å². The zero-order valence-electron chi connectivity index (χ0n) is 11.6. The van der Waals surface area contributed by atoms with Crippen molar-refractivity contribution in [3.05, 3.63) is 18.0 Å². The Morgan fingerprint density at radius 3 is 2.94 bits per heavy atom. The van der Waals surface area contributed by atoms with E-state index in [0.717, 1.165) is 32.1 Å². The van der Waals surface area contributed by atoms with Crippen LogP contribution in [0.25, 0.3) is 0 Å². The second-order valence-electron chi connectivity index (χ2n) is 5.75. The Labute approximate surface area is 109 Å². The molecule has 0 aromatic carbocycles. The molecule has 0 aliphatic carbocycles. The smallest absolute Gasteiger partial charge is 0.0700 e. The fourth-order valence-corrected chi connectivity index (χ4v) is 2.77. The summed E-state index contributed by atoms with van der Waals surface area (Å²) < 4.78 is 7.67. The van der Waals surface area contributed by atoms with Gasteiger partial charge < -0.3 is 9.84 Å². The van der Waals surface area contributed by atoms with Crippen LogP contribution in [0.2, 0.25) is 0 Å². The van der Waals surface area contributed by atoms with Gasteiger partial charge in [0.1, 0.15) is 0 Å². The fourth-order valence-electron chi connectivity index (χ4n) is 2.77. The lowest BCUT2D eigenvalue weighted by atomic mass is 9.79. The highest BCUT2D eigenvalue weighted by Crippen LogP contribution is 2.37. The van der Waals surface area contributed by atoms with Gasteiger partial charge in [-0.1, -0.05) is 6.92 Å². The Bertz CT molecular complexity index is 404. The summed E-state index contributed by atoms with van der Waals surface area (Å²) in [7, 11) is 1.94. The largest absolute Gasteiger partial charge is 0.390 e. The third-order valence-electron chi connectivity index (χ3n) is 4.24. The molecule has 102 valence electrons. The zero-order valence-corrected chi connectivity index (χ0v) is 11.6. The number of hydrogen-bond acceptors (Lipinski definition) is 3. The molecule has 0 radical (unpaired) electrons. The lowest BCUT2D eigenvalue weighted by molar-refractivity contribution is -0.155. The topological polar surface area (TPSA) is 47.3 Å². The minimum Gasteiger partial charge on any atom is -0.390 e. The van der Waals surface area contributed by atoms with Gasteiger partial charge in [-0.2, -0.15) is 5.10 Å². The summed E-state index contributed by atoms with van der Waals surface area (Å²) in [6, 6.07) is 2.02. The van der Waals surface area contributed by atoms with Crippen molar-refractivity contribution in [2.75, 3.05) is 6.61 Å². The number of aromatic nitrogens is 2. The molecule has 0 amide bonds. The molecule has 2 heterocycles. The molecule has 1 saturated heterocycles. The number of nitrogens with zero attached hydrogens (tertiary/aromatic N) is 2. The van der Waals surface area contributed by atoms with Gasteiger partial charge in [-0.15, -0.1) is 0 Å². The monoisotopic (exact) mass is 252 g/mol. The first-order valence-electron chi connectivity index (χ1n) is 6.80. The van der Waals surface area contributed by atoms with Crippen LogP contribution in [-0.2, 0) is 18.2 Å². The summed E-state index contributed by atoms with van der Waals surface area (Å²) in [4.78, 5) is 0. The summed E-state index contributed by atoms with van der Waals surface area (Å²) >= 11 is 0. The number of rotatable bonds is 4. The molecule has 18 heavy (non-hydrogen) atoms. The standard InChI is InChI=1S/C14H24N2O2/c1-4-13(2)11-14(17,8-10-18-13)7-5-12-6-9-15-16(12)3/h6,9,17H,4-5,7-8,10-11H2,1-3H3. The third kappa shape index (κ3) is 2.93. The molecular weight excluding hydrogens is 228 g/mol. The highest BCUT2D eigenvalue weighted by Gasteiger charge is 2.40. The van der Waals surface area contributed by atoms with Crippen LogP contribution in [0.4, 0.5) is 0 Å². The molecule has 0 saturated carbocycles. The van der Waals surface area contributed by atoms with E-state index in [1.165, 1.54) is 5.69 Å². The van der Waals surface area contributed by atoms with Gasteiger partial charge in [-0.05, 0) is 38.7 Å². The molecule has 1 aliphatic heterocycles. The van der Waals surface area contributed by atoms with Gasteiger partial charge in [-0.25, -0.2) is 0 Å². The highest BCUT2D eigenvalue weighted by atomic mass is 16.5. The predicted molar refractivity (Wildman–Crippen MR) is 70.4 cm³/mol. The minimum absolute atomic E-state index is 0.167. The second kappa shape index (κ2) is 5.02. The fraction of sp³-hybridized carbons (Fsp3) is 0.786. The molecule has 2 rings (SSSR count). The molecule has 0 spiro atoms. The van der Waals surface area contributed by atoms with Crippen molar-refractivity contribution in [1.82, 2.24) is 9.78 Å². The van der Waals surface area contributed by atoms with E-state index >= 15 is 0 Å². The van der Waals surface area contributed by atoms with Crippen LogP contribution in [0.1, 0.15) is 45.2 Å². The van der Waals surface area contributed by atoms with Crippen LogP contribution in [-0.4, -0.2) is 32.7 Å². The lowest BCUT2D eigenvalue weighted by Gasteiger charge is -2.43. The zero-order chi connectivity index (χ0) is 13.2. The molecule has 1 aromatic heterocycles. The highest BCUT2D eigenvalue weighted by molar-refractivity contribution is 5.02. The van der Waals surface area contributed by atoms with Crippen molar-refractivity contribution in [2.45, 2.75) is 57.2 Å². The van der Waals surface area contributed by atoms with Gasteiger partial charge in [0.25, 0.3) is 0 Å². The Morgan fingerprint density at radius 2 is 2.33 bits per heavy atom. The average Bonchev–Trinajstić information content (AvgIpc) is 2.72. The van der Waals surface area contributed by atoms with E-state index in [0.29, 0.717) is 6.61 Å². The maximum Gasteiger partial charge on any atom is 0.0700 e. The van der Waals surface area contributed by atoms with Crippen LogP contribution < -0.4 is 0 Å². The maximum absolute atomic E-state index is 10.7.